The van der Waals surface area contributed by atoms with Crippen LogP contribution in [-0.4, -0.2) is 13.3 Å². The van der Waals surface area contributed by atoms with Crippen molar-refractivity contribution in [1.82, 2.24) is 0 Å². The minimum Gasteiger partial charge on any atom is -0.492 e. The van der Waals surface area contributed by atoms with Crippen molar-refractivity contribution in [3.05, 3.63) is 34.3 Å². The predicted octanol–water partition coefficient (Wildman–Crippen LogP) is 3.58. The van der Waals surface area contributed by atoms with Crippen molar-refractivity contribution in [1.29, 1.82) is 0 Å². The third-order valence-electron chi connectivity index (χ3n) is 1.91. The van der Waals surface area contributed by atoms with E-state index < -0.39 is 6.67 Å². The van der Waals surface area contributed by atoms with Crippen molar-refractivity contribution in [3.8, 4) is 5.75 Å². The van der Waals surface area contributed by atoms with Crippen molar-refractivity contribution >= 4 is 22.6 Å². The summed E-state index contributed by atoms with van der Waals surface area (Å²) >= 11 is 2.18. The molecule has 0 spiro atoms. The van der Waals surface area contributed by atoms with Crippen LogP contribution in [0.2, 0.25) is 0 Å². The van der Waals surface area contributed by atoms with Gasteiger partial charge in [0.05, 0.1) is 16.9 Å². The standard InChI is InChI=1S/C11H13FIO/c1-3-14-11-9(8(2)7-12)5-4-6-10(11)13/h4-6,8H,2-3,7H2,1H3. The molecule has 0 saturated carbocycles. The molecule has 77 valence electrons. The molecule has 1 aromatic rings. The Hall–Kier alpha value is -0.320. The van der Waals surface area contributed by atoms with E-state index in [9.17, 15) is 4.39 Å². The lowest BCUT2D eigenvalue weighted by molar-refractivity contribution is 0.330. The SMILES string of the molecule is [CH2]C(CF)c1cccc(I)c1OCC. The molecule has 0 saturated heterocycles. The first-order valence-corrected chi connectivity index (χ1v) is 5.58. The Morgan fingerprint density at radius 1 is 1.57 bits per heavy atom. The molecule has 0 aromatic heterocycles. The monoisotopic (exact) mass is 307 g/mol. The lowest BCUT2D eigenvalue weighted by Gasteiger charge is -2.15. The molecule has 1 aromatic carbocycles. The lowest BCUT2D eigenvalue weighted by Crippen LogP contribution is -2.03. The molecule has 1 unspecified atom stereocenters. The zero-order valence-electron chi connectivity index (χ0n) is 8.09. The summed E-state index contributed by atoms with van der Waals surface area (Å²) in [6.45, 7) is 5.80. The van der Waals surface area contributed by atoms with Gasteiger partial charge in [-0.05, 0) is 42.5 Å². The molecule has 1 atom stereocenters. The van der Waals surface area contributed by atoms with Crippen molar-refractivity contribution in [2.75, 3.05) is 13.3 Å². The van der Waals surface area contributed by atoms with Crippen LogP contribution in [0.5, 0.6) is 5.75 Å². The maximum absolute atomic E-state index is 12.5. The fraction of sp³-hybridized carbons (Fsp3) is 0.364. The number of hydrogen-bond acceptors (Lipinski definition) is 1. The average Bonchev–Trinajstić information content (AvgIpc) is 2.20. The van der Waals surface area contributed by atoms with Gasteiger partial charge >= 0.3 is 0 Å². The summed E-state index contributed by atoms with van der Waals surface area (Å²) < 4.78 is 19.0. The average molecular weight is 307 g/mol. The molecule has 14 heavy (non-hydrogen) atoms. The number of rotatable bonds is 4. The minimum atomic E-state index is -0.458. The molecule has 0 fully saturated rings. The Bertz CT molecular complexity index is 301. The van der Waals surface area contributed by atoms with E-state index in [-0.39, 0.29) is 5.92 Å². The van der Waals surface area contributed by atoms with Gasteiger partial charge in [-0.1, -0.05) is 12.1 Å². The molecule has 0 bridgehead atoms. The maximum Gasteiger partial charge on any atom is 0.136 e. The van der Waals surface area contributed by atoms with Crippen molar-refractivity contribution < 1.29 is 9.13 Å². The molecule has 0 aliphatic heterocycles. The Labute approximate surface area is 97.8 Å². The van der Waals surface area contributed by atoms with Crippen LogP contribution in [0.3, 0.4) is 0 Å². The number of benzene rings is 1. The van der Waals surface area contributed by atoms with Crippen LogP contribution in [0.4, 0.5) is 4.39 Å². The van der Waals surface area contributed by atoms with Gasteiger partial charge in [0.2, 0.25) is 0 Å². The maximum atomic E-state index is 12.5. The largest absolute Gasteiger partial charge is 0.492 e. The van der Waals surface area contributed by atoms with Gasteiger partial charge in [-0.3, -0.25) is 4.39 Å². The van der Waals surface area contributed by atoms with E-state index in [4.69, 9.17) is 4.74 Å². The highest BCUT2D eigenvalue weighted by atomic mass is 127. The molecule has 0 heterocycles. The third kappa shape index (κ3) is 2.59. The zero-order valence-corrected chi connectivity index (χ0v) is 10.3. The van der Waals surface area contributed by atoms with Gasteiger partial charge in [0.1, 0.15) is 5.75 Å². The van der Waals surface area contributed by atoms with Crippen molar-refractivity contribution in [3.63, 3.8) is 0 Å². The lowest BCUT2D eigenvalue weighted by atomic mass is 10.0. The van der Waals surface area contributed by atoms with Gasteiger partial charge in [-0.25, -0.2) is 0 Å². The molecule has 1 rings (SSSR count). The predicted molar refractivity (Wildman–Crippen MR) is 64.4 cm³/mol. The highest BCUT2D eigenvalue weighted by Gasteiger charge is 2.13. The zero-order chi connectivity index (χ0) is 10.6. The van der Waals surface area contributed by atoms with Gasteiger partial charge in [0.15, 0.2) is 0 Å². The van der Waals surface area contributed by atoms with E-state index in [1.54, 1.807) is 0 Å². The second kappa shape index (κ2) is 5.53. The highest BCUT2D eigenvalue weighted by molar-refractivity contribution is 14.1. The first kappa shape index (κ1) is 11.8. The van der Waals surface area contributed by atoms with Crippen LogP contribution in [0.1, 0.15) is 18.4 Å². The summed E-state index contributed by atoms with van der Waals surface area (Å²) in [6.07, 6.45) is 0. The van der Waals surface area contributed by atoms with Crippen LogP contribution in [0, 0.1) is 10.5 Å². The molecular formula is C11H13FIO. The topological polar surface area (TPSA) is 9.23 Å². The summed E-state index contributed by atoms with van der Waals surface area (Å²) in [6, 6.07) is 5.71. The number of hydrogen-bond donors (Lipinski definition) is 0. The van der Waals surface area contributed by atoms with Gasteiger partial charge in [-0.15, -0.1) is 0 Å². The van der Waals surface area contributed by atoms with Crippen LogP contribution < -0.4 is 4.74 Å². The Balaban J connectivity index is 3.07. The molecule has 0 N–H and O–H groups in total. The number of alkyl halides is 1. The second-order valence-corrected chi connectivity index (χ2v) is 4.10. The van der Waals surface area contributed by atoms with Crippen molar-refractivity contribution in [2.24, 2.45) is 0 Å². The first-order valence-electron chi connectivity index (χ1n) is 4.51. The van der Waals surface area contributed by atoms with E-state index in [1.165, 1.54) is 0 Å². The fourth-order valence-corrected chi connectivity index (χ4v) is 1.90. The van der Waals surface area contributed by atoms with Crippen molar-refractivity contribution in [2.45, 2.75) is 12.8 Å². The van der Waals surface area contributed by atoms with Gasteiger partial charge in [0.25, 0.3) is 0 Å². The van der Waals surface area contributed by atoms with Crippen LogP contribution >= 0.6 is 22.6 Å². The Kier molecular flexibility index (Phi) is 4.65. The molecule has 0 aliphatic carbocycles. The fourth-order valence-electron chi connectivity index (χ4n) is 1.23. The van der Waals surface area contributed by atoms with Crippen LogP contribution in [-0.2, 0) is 0 Å². The van der Waals surface area contributed by atoms with E-state index in [0.29, 0.717) is 6.61 Å². The molecule has 0 amide bonds. The summed E-state index contributed by atoms with van der Waals surface area (Å²) in [5.41, 5.74) is 0.848. The van der Waals surface area contributed by atoms with Crippen LogP contribution in [0.25, 0.3) is 0 Å². The van der Waals surface area contributed by atoms with E-state index in [1.807, 2.05) is 25.1 Å². The Morgan fingerprint density at radius 2 is 2.29 bits per heavy atom. The van der Waals surface area contributed by atoms with Gasteiger partial charge in [0, 0.05) is 11.5 Å². The van der Waals surface area contributed by atoms with Gasteiger partial charge in [-0.2, -0.15) is 0 Å². The molecular weight excluding hydrogens is 294 g/mol. The highest BCUT2D eigenvalue weighted by Crippen LogP contribution is 2.31. The van der Waals surface area contributed by atoms with E-state index in [0.717, 1.165) is 14.9 Å². The Morgan fingerprint density at radius 3 is 2.86 bits per heavy atom. The molecule has 3 heteroatoms. The third-order valence-corrected chi connectivity index (χ3v) is 2.76. The number of halogens is 2. The second-order valence-electron chi connectivity index (χ2n) is 2.94. The molecule has 1 nitrogen and oxygen atoms in total. The summed E-state index contributed by atoms with van der Waals surface area (Å²) in [5, 5.41) is 0. The minimum absolute atomic E-state index is 0.341. The summed E-state index contributed by atoms with van der Waals surface area (Å²) in [4.78, 5) is 0. The number of para-hydroxylation sites is 1. The normalized spacial score (nSPS) is 12.6. The van der Waals surface area contributed by atoms with E-state index >= 15 is 0 Å². The van der Waals surface area contributed by atoms with Gasteiger partial charge < -0.3 is 4.74 Å². The van der Waals surface area contributed by atoms with E-state index in [2.05, 4.69) is 29.5 Å². The first-order chi connectivity index (χ1) is 6.70. The summed E-state index contributed by atoms with van der Waals surface area (Å²) in [5.74, 6) is 0.430. The quantitative estimate of drug-likeness (QED) is 0.773. The molecule has 1 radical (unpaired) electrons. The number of ether oxygens (including phenoxy) is 1. The van der Waals surface area contributed by atoms with Crippen LogP contribution in [0.15, 0.2) is 18.2 Å². The summed E-state index contributed by atoms with van der Waals surface area (Å²) in [7, 11) is 0. The smallest absolute Gasteiger partial charge is 0.136 e. The molecule has 0 aliphatic rings.